The topological polar surface area (TPSA) is 73.5 Å². The SMILES string of the molecule is CC(C)NC(=O)NCc1ccc(C(=O)NCCCN(C)c2ccccc2)cc1. The maximum absolute atomic E-state index is 12.3. The van der Waals surface area contributed by atoms with Gasteiger partial charge < -0.3 is 20.9 Å². The smallest absolute Gasteiger partial charge is 0.315 e. The van der Waals surface area contributed by atoms with E-state index in [1.807, 2.05) is 51.2 Å². The number of rotatable bonds is 9. The van der Waals surface area contributed by atoms with Crippen molar-refractivity contribution in [2.75, 3.05) is 25.0 Å². The average molecular weight is 383 g/mol. The van der Waals surface area contributed by atoms with Gasteiger partial charge in [0, 0.05) is 44.0 Å². The molecule has 0 bridgehead atoms. The summed E-state index contributed by atoms with van der Waals surface area (Å²) in [5, 5.41) is 8.51. The van der Waals surface area contributed by atoms with Gasteiger partial charge in [-0.2, -0.15) is 0 Å². The van der Waals surface area contributed by atoms with Crippen LogP contribution in [-0.4, -0.2) is 38.1 Å². The normalized spacial score (nSPS) is 10.4. The predicted octanol–water partition coefficient (Wildman–Crippen LogP) is 3.15. The number of benzene rings is 2. The molecule has 2 aromatic rings. The van der Waals surface area contributed by atoms with Crippen molar-refractivity contribution in [3.63, 3.8) is 0 Å². The molecule has 0 saturated heterocycles. The van der Waals surface area contributed by atoms with E-state index in [4.69, 9.17) is 0 Å². The van der Waals surface area contributed by atoms with Gasteiger partial charge in [0.15, 0.2) is 0 Å². The van der Waals surface area contributed by atoms with Crippen molar-refractivity contribution in [1.82, 2.24) is 16.0 Å². The molecule has 0 unspecified atom stereocenters. The first-order valence-electron chi connectivity index (χ1n) is 9.63. The van der Waals surface area contributed by atoms with Crippen molar-refractivity contribution in [3.05, 3.63) is 65.7 Å². The fourth-order valence-electron chi connectivity index (χ4n) is 2.70. The van der Waals surface area contributed by atoms with Crippen LogP contribution in [0.4, 0.5) is 10.5 Å². The highest BCUT2D eigenvalue weighted by molar-refractivity contribution is 5.94. The number of nitrogens with zero attached hydrogens (tertiary/aromatic N) is 1. The van der Waals surface area contributed by atoms with E-state index in [-0.39, 0.29) is 18.0 Å². The van der Waals surface area contributed by atoms with E-state index in [0.29, 0.717) is 18.7 Å². The maximum Gasteiger partial charge on any atom is 0.315 e. The lowest BCUT2D eigenvalue weighted by Gasteiger charge is -2.19. The molecule has 150 valence electrons. The summed E-state index contributed by atoms with van der Waals surface area (Å²) in [5.41, 5.74) is 2.73. The highest BCUT2D eigenvalue weighted by Gasteiger charge is 2.07. The molecule has 3 N–H and O–H groups in total. The molecule has 0 heterocycles. The van der Waals surface area contributed by atoms with Crippen LogP contribution < -0.4 is 20.9 Å². The van der Waals surface area contributed by atoms with Crippen molar-refractivity contribution in [2.45, 2.75) is 32.9 Å². The van der Waals surface area contributed by atoms with E-state index in [0.717, 1.165) is 18.5 Å². The van der Waals surface area contributed by atoms with Crippen molar-refractivity contribution in [3.8, 4) is 0 Å². The highest BCUT2D eigenvalue weighted by atomic mass is 16.2. The van der Waals surface area contributed by atoms with Gasteiger partial charge in [0.1, 0.15) is 0 Å². The summed E-state index contributed by atoms with van der Waals surface area (Å²) in [6.07, 6.45) is 0.865. The third-order valence-electron chi connectivity index (χ3n) is 4.24. The molecule has 0 aliphatic carbocycles. The Morgan fingerprint density at radius 2 is 1.64 bits per heavy atom. The molecule has 0 aromatic heterocycles. The second-order valence-electron chi connectivity index (χ2n) is 7.05. The van der Waals surface area contributed by atoms with Crippen LogP contribution in [0.2, 0.25) is 0 Å². The van der Waals surface area contributed by atoms with Crippen molar-refractivity contribution in [2.24, 2.45) is 0 Å². The molecular formula is C22H30N4O2. The van der Waals surface area contributed by atoms with Gasteiger partial charge in [-0.15, -0.1) is 0 Å². The molecule has 0 spiro atoms. The zero-order valence-electron chi connectivity index (χ0n) is 16.9. The lowest BCUT2D eigenvalue weighted by Crippen LogP contribution is -2.39. The minimum Gasteiger partial charge on any atom is -0.375 e. The summed E-state index contributed by atoms with van der Waals surface area (Å²) in [4.78, 5) is 26.0. The van der Waals surface area contributed by atoms with Gasteiger partial charge in [0.05, 0.1) is 0 Å². The minimum atomic E-state index is -0.197. The van der Waals surface area contributed by atoms with Crippen molar-refractivity contribution >= 4 is 17.6 Å². The van der Waals surface area contributed by atoms with E-state index < -0.39 is 0 Å². The molecule has 6 nitrogen and oxygen atoms in total. The van der Waals surface area contributed by atoms with Gasteiger partial charge in [-0.05, 0) is 50.1 Å². The third-order valence-corrected chi connectivity index (χ3v) is 4.24. The third kappa shape index (κ3) is 7.31. The molecule has 0 aliphatic heterocycles. The van der Waals surface area contributed by atoms with Gasteiger partial charge in [0.2, 0.25) is 0 Å². The van der Waals surface area contributed by atoms with Gasteiger partial charge in [-0.1, -0.05) is 30.3 Å². The standard InChI is InChI=1S/C22H30N4O2/c1-17(2)25-22(28)24-16-18-10-12-19(13-11-18)21(27)23-14-7-15-26(3)20-8-5-4-6-9-20/h4-6,8-13,17H,7,14-16H2,1-3H3,(H,23,27)(H2,24,25,28). The molecule has 6 heteroatoms. The van der Waals surface area contributed by atoms with Crippen molar-refractivity contribution < 1.29 is 9.59 Å². The largest absolute Gasteiger partial charge is 0.375 e. The Balaban J connectivity index is 1.70. The number of hydrogen-bond donors (Lipinski definition) is 3. The number of para-hydroxylation sites is 1. The Morgan fingerprint density at radius 1 is 0.964 bits per heavy atom. The quantitative estimate of drug-likeness (QED) is 0.583. The van der Waals surface area contributed by atoms with Crippen LogP contribution in [0.1, 0.15) is 36.2 Å². The predicted molar refractivity (Wildman–Crippen MR) is 114 cm³/mol. The second-order valence-corrected chi connectivity index (χ2v) is 7.05. The number of anilines is 1. The van der Waals surface area contributed by atoms with Crippen LogP contribution in [0.5, 0.6) is 0 Å². The van der Waals surface area contributed by atoms with E-state index >= 15 is 0 Å². The number of nitrogens with one attached hydrogen (secondary N) is 3. The number of amides is 3. The number of carbonyl (C=O) groups is 2. The Kier molecular flexibility index (Phi) is 8.34. The molecule has 0 saturated carbocycles. The molecule has 0 fully saturated rings. The van der Waals surface area contributed by atoms with Crippen LogP contribution >= 0.6 is 0 Å². The maximum atomic E-state index is 12.3. The van der Waals surface area contributed by atoms with Gasteiger partial charge in [0.25, 0.3) is 5.91 Å². The first kappa shape index (κ1) is 21.3. The zero-order valence-corrected chi connectivity index (χ0v) is 16.9. The molecule has 2 aromatic carbocycles. The van der Waals surface area contributed by atoms with E-state index in [1.54, 1.807) is 12.1 Å². The molecule has 0 radical (unpaired) electrons. The van der Waals surface area contributed by atoms with Gasteiger partial charge in [-0.25, -0.2) is 4.79 Å². The summed E-state index contributed by atoms with van der Waals surface area (Å²) in [7, 11) is 2.05. The Bertz CT molecular complexity index is 745. The van der Waals surface area contributed by atoms with Gasteiger partial charge >= 0.3 is 6.03 Å². The Labute approximate surface area is 167 Å². The molecule has 3 amide bonds. The van der Waals surface area contributed by atoms with Crippen LogP contribution in [0.15, 0.2) is 54.6 Å². The van der Waals surface area contributed by atoms with E-state index in [1.165, 1.54) is 5.69 Å². The second kappa shape index (κ2) is 11.0. The number of carbonyl (C=O) groups excluding carboxylic acids is 2. The first-order chi connectivity index (χ1) is 13.5. The summed E-state index contributed by atoms with van der Waals surface area (Å²) in [5.74, 6) is -0.0839. The zero-order chi connectivity index (χ0) is 20.4. The first-order valence-corrected chi connectivity index (χ1v) is 9.63. The fraction of sp³-hybridized carbons (Fsp3) is 0.364. The number of urea groups is 1. The summed E-state index contributed by atoms with van der Waals surface area (Å²) in [6.45, 7) is 5.73. The number of hydrogen-bond acceptors (Lipinski definition) is 3. The molecule has 2 rings (SSSR count). The summed E-state index contributed by atoms with van der Waals surface area (Å²) in [6, 6.07) is 17.3. The monoisotopic (exact) mass is 382 g/mol. The molecular weight excluding hydrogens is 352 g/mol. The summed E-state index contributed by atoms with van der Waals surface area (Å²) >= 11 is 0. The van der Waals surface area contributed by atoms with E-state index in [9.17, 15) is 9.59 Å². The average Bonchev–Trinajstić information content (AvgIpc) is 2.70. The van der Waals surface area contributed by atoms with Gasteiger partial charge in [-0.3, -0.25) is 4.79 Å². The molecule has 28 heavy (non-hydrogen) atoms. The highest BCUT2D eigenvalue weighted by Crippen LogP contribution is 2.10. The molecule has 0 atom stereocenters. The van der Waals surface area contributed by atoms with Crippen LogP contribution in [-0.2, 0) is 6.54 Å². The van der Waals surface area contributed by atoms with Crippen molar-refractivity contribution in [1.29, 1.82) is 0 Å². The lowest BCUT2D eigenvalue weighted by atomic mass is 10.1. The van der Waals surface area contributed by atoms with Crippen LogP contribution in [0.25, 0.3) is 0 Å². The summed E-state index contributed by atoms with van der Waals surface area (Å²) < 4.78 is 0. The Hall–Kier alpha value is -3.02. The van der Waals surface area contributed by atoms with Crippen LogP contribution in [0.3, 0.4) is 0 Å². The Morgan fingerprint density at radius 3 is 2.29 bits per heavy atom. The van der Waals surface area contributed by atoms with Crippen LogP contribution in [0, 0.1) is 0 Å². The minimum absolute atomic E-state index is 0.0839. The lowest BCUT2D eigenvalue weighted by molar-refractivity contribution is 0.0953. The molecule has 0 aliphatic rings. The fourth-order valence-corrected chi connectivity index (χ4v) is 2.70. The van der Waals surface area contributed by atoms with E-state index in [2.05, 4.69) is 33.0 Å².